The van der Waals surface area contributed by atoms with Crippen molar-refractivity contribution in [2.45, 2.75) is 13.5 Å². The lowest BCUT2D eigenvalue weighted by atomic mass is 10.0. The van der Waals surface area contributed by atoms with Crippen LogP contribution in [0.25, 0.3) is 32.3 Å². The molecule has 0 saturated heterocycles. The normalized spacial score (nSPS) is 11.3. The van der Waals surface area contributed by atoms with Gasteiger partial charge in [0.25, 0.3) is 5.56 Å². The van der Waals surface area contributed by atoms with Crippen LogP contribution in [0.2, 0.25) is 0 Å². The number of rotatable bonds is 4. The Labute approximate surface area is 181 Å². The van der Waals surface area contributed by atoms with Crippen LogP contribution >= 0.6 is 11.3 Å². The number of fused-ring (bicyclic) bond motifs is 2. The maximum atomic E-state index is 13.5. The molecule has 0 aliphatic heterocycles. The molecule has 3 heterocycles. The summed E-state index contributed by atoms with van der Waals surface area (Å²) in [7, 11) is 1.55. The number of methoxy groups -OCH3 is 1. The number of aryl methyl sites for hydroxylation is 1. The van der Waals surface area contributed by atoms with Gasteiger partial charge in [-0.2, -0.15) is 0 Å². The van der Waals surface area contributed by atoms with Crippen LogP contribution in [0.5, 0.6) is 5.75 Å². The largest absolute Gasteiger partial charge is 0.497 e. The fourth-order valence-corrected chi connectivity index (χ4v) is 4.86. The van der Waals surface area contributed by atoms with Crippen LogP contribution in [0, 0.1) is 6.92 Å². The summed E-state index contributed by atoms with van der Waals surface area (Å²) in [4.78, 5) is 31.9. The molecule has 0 fully saturated rings. The van der Waals surface area contributed by atoms with E-state index in [2.05, 4.69) is 4.98 Å². The van der Waals surface area contributed by atoms with Crippen LogP contribution in [-0.4, -0.2) is 16.7 Å². The van der Waals surface area contributed by atoms with Crippen molar-refractivity contribution >= 4 is 32.5 Å². The minimum Gasteiger partial charge on any atom is -0.497 e. The number of benzene rings is 2. The maximum Gasteiger partial charge on any atom is 0.336 e. The summed E-state index contributed by atoms with van der Waals surface area (Å²) in [5.74, 6) is 0.592. The monoisotopic (exact) mass is 430 g/mol. The van der Waals surface area contributed by atoms with Gasteiger partial charge in [-0.15, -0.1) is 11.3 Å². The van der Waals surface area contributed by atoms with Gasteiger partial charge >= 0.3 is 5.63 Å². The maximum absolute atomic E-state index is 13.5. The van der Waals surface area contributed by atoms with Crippen molar-refractivity contribution in [3.05, 3.63) is 92.1 Å². The zero-order chi connectivity index (χ0) is 21.5. The summed E-state index contributed by atoms with van der Waals surface area (Å²) in [6.07, 6.45) is 1.54. The van der Waals surface area contributed by atoms with Gasteiger partial charge in [0, 0.05) is 28.0 Å². The molecule has 7 heteroatoms. The van der Waals surface area contributed by atoms with Crippen LogP contribution in [0.4, 0.5) is 0 Å². The minimum absolute atomic E-state index is 0.136. The van der Waals surface area contributed by atoms with E-state index in [9.17, 15) is 9.59 Å². The molecule has 6 nitrogen and oxygen atoms in total. The van der Waals surface area contributed by atoms with Crippen LogP contribution < -0.4 is 15.9 Å². The Morgan fingerprint density at radius 3 is 2.68 bits per heavy atom. The Kier molecular flexibility index (Phi) is 4.67. The molecule has 5 rings (SSSR count). The van der Waals surface area contributed by atoms with Crippen LogP contribution in [-0.2, 0) is 6.54 Å². The lowest BCUT2D eigenvalue weighted by Gasteiger charge is -2.09. The fraction of sp³-hybridized carbons (Fsp3) is 0.125. The minimum atomic E-state index is -0.478. The molecule has 2 aromatic carbocycles. The van der Waals surface area contributed by atoms with Gasteiger partial charge in [-0.1, -0.05) is 30.3 Å². The van der Waals surface area contributed by atoms with Crippen molar-refractivity contribution in [1.82, 2.24) is 9.55 Å². The third-order valence-corrected chi connectivity index (χ3v) is 6.31. The molecule has 0 radical (unpaired) electrons. The summed E-state index contributed by atoms with van der Waals surface area (Å²) in [5, 5.41) is 1.35. The highest BCUT2D eigenvalue weighted by molar-refractivity contribution is 7.19. The number of hydrogen-bond donors (Lipinski definition) is 0. The van der Waals surface area contributed by atoms with Crippen molar-refractivity contribution < 1.29 is 9.15 Å². The van der Waals surface area contributed by atoms with Crippen LogP contribution in [0.1, 0.15) is 10.4 Å². The van der Waals surface area contributed by atoms with Crippen molar-refractivity contribution in [3.8, 4) is 16.9 Å². The van der Waals surface area contributed by atoms with Gasteiger partial charge in [0.15, 0.2) is 0 Å². The molecule has 0 bridgehead atoms. The van der Waals surface area contributed by atoms with E-state index in [1.807, 2.05) is 43.3 Å². The highest BCUT2D eigenvalue weighted by Crippen LogP contribution is 2.35. The van der Waals surface area contributed by atoms with Crippen molar-refractivity contribution in [1.29, 1.82) is 0 Å². The topological polar surface area (TPSA) is 74.3 Å². The second-order valence-corrected chi connectivity index (χ2v) is 8.41. The van der Waals surface area contributed by atoms with Crippen molar-refractivity contribution in [2.75, 3.05) is 7.11 Å². The molecule has 5 aromatic rings. The van der Waals surface area contributed by atoms with E-state index >= 15 is 0 Å². The zero-order valence-electron chi connectivity index (χ0n) is 16.9. The summed E-state index contributed by atoms with van der Waals surface area (Å²) < 4.78 is 12.1. The van der Waals surface area contributed by atoms with Gasteiger partial charge in [0.05, 0.1) is 25.4 Å². The molecule has 0 unspecified atom stereocenters. The predicted molar refractivity (Wildman–Crippen MR) is 122 cm³/mol. The van der Waals surface area contributed by atoms with Crippen molar-refractivity contribution in [2.24, 2.45) is 0 Å². The van der Waals surface area contributed by atoms with Crippen molar-refractivity contribution in [3.63, 3.8) is 0 Å². The Morgan fingerprint density at radius 2 is 1.90 bits per heavy atom. The first kappa shape index (κ1) is 19.3. The number of ether oxygens (including phenoxy) is 1. The molecule has 3 aromatic heterocycles. The van der Waals surface area contributed by atoms with Gasteiger partial charge in [-0.3, -0.25) is 9.36 Å². The second kappa shape index (κ2) is 7.52. The fourth-order valence-electron chi connectivity index (χ4n) is 3.85. The smallest absolute Gasteiger partial charge is 0.336 e. The summed E-state index contributed by atoms with van der Waals surface area (Å²) in [5.41, 5.74) is 2.39. The number of nitrogens with zero attached hydrogens (tertiary/aromatic N) is 2. The zero-order valence-corrected chi connectivity index (χ0v) is 17.7. The Balaban J connectivity index is 1.68. The van der Waals surface area contributed by atoms with Crippen LogP contribution in [0.3, 0.4) is 0 Å². The molecule has 154 valence electrons. The van der Waals surface area contributed by atoms with Gasteiger partial charge in [-0.05, 0) is 30.2 Å². The van der Waals surface area contributed by atoms with E-state index in [-0.39, 0.29) is 12.1 Å². The van der Waals surface area contributed by atoms with E-state index in [1.54, 1.807) is 30.1 Å². The van der Waals surface area contributed by atoms with E-state index in [4.69, 9.17) is 9.15 Å². The van der Waals surface area contributed by atoms with Gasteiger partial charge < -0.3 is 9.15 Å². The third-order valence-electron chi connectivity index (χ3n) is 5.30. The molecule has 0 spiro atoms. The summed E-state index contributed by atoms with van der Waals surface area (Å²) in [6, 6.07) is 16.6. The van der Waals surface area contributed by atoms with E-state index in [0.717, 1.165) is 21.4 Å². The first-order valence-corrected chi connectivity index (χ1v) is 10.5. The molecule has 31 heavy (non-hydrogen) atoms. The molecule has 0 aliphatic carbocycles. The quantitative estimate of drug-likeness (QED) is 0.390. The van der Waals surface area contributed by atoms with E-state index in [0.29, 0.717) is 27.1 Å². The highest BCUT2D eigenvalue weighted by atomic mass is 32.1. The lowest BCUT2D eigenvalue weighted by molar-refractivity contribution is 0.414. The number of aromatic nitrogens is 2. The van der Waals surface area contributed by atoms with Crippen LogP contribution in [0.15, 0.2) is 74.9 Å². The van der Waals surface area contributed by atoms with E-state index < -0.39 is 5.63 Å². The van der Waals surface area contributed by atoms with E-state index in [1.165, 1.54) is 17.4 Å². The van der Waals surface area contributed by atoms with Gasteiger partial charge in [0.2, 0.25) is 0 Å². The molecule has 0 aliphatic rings. The van der Waals surface area contributed by atoms with Gasteiger partial charge in [-0.25, -0.2) is 9.78 Å². The number of hydrogen-bond acceptors (Lipinski definition) is 6. The van der Waals surface area contributed by atoms with Gasteiger partial charge in [0.1, 0.15) is 16.2 Å². The molecular formula is C24H18N2O4S. The Morgan fingerprint density at radius 1 is 1.10 bits per heavy atom. The SMILES string of the molecule is COc1ccc2c(Cn3cnc4sc(C)c(-c5ccccc5)c4c3=O)cc(=O)oc2c1. The average Bonchev–Trinajstić information content (AvgIpc) is 3.12. The molecule has 0 saturated carbocycles. The summed E-state index contributed by atoms with van der Waals surface area (Å²) >= 11 is 1.51. The highest BCUT2D eigenvalue weighted by Gasteiger charge is 2.17. The summed E-state index contributed by atoms with van der Waals surface area (Å²) in [6.45, 7) is 2.21. The Hall–Kier alpha value is -3.71. The predicted octanol–water partition coefficient (Wildman–Crippen LogP) is 4.60. The lowest BCUT2D eigenvalue weighted by Crippen LogP contribution is -2.21. The molecule has 0 atom stereocenters. The second-order valence-electron chi connectivity index (χ2n) is 7.21. The average molecular weight is 430 g/mol. The molecule has 0 N–H and O–H groups in total. The Bertz CT molecular complexity index is 1550. The number of thiophene rings is 1. The first-order valence-electron chi connectivity index (χ1n) is 9.70. The standard InChI is InChI=1S/C24H18N2O4S/c1-14-21(15-6-4-3-5-7-15)22-23(31-14)25-13-26(24(22)28)12-16-10-20(27)30-19-11-17(29-2)8-9-18(16)19/h3-11,13H,12H2,1-2H3. The molecular weight excluding hydrogens is 412 g/mol. The first-order chi connectivity index (χ1) is 15.0. The molecule has 0 amide bonds. The third kappa shape index (κ3) is 3.33.